The molecule has 6 rings (SSSR count). The molecule has 0 radical (unpaired) electrons. The number of fused-ring (bicyclic) bond motifs is 3. The first-order valence-electron chi connectivity index (χ1n) is 14.1. The van der Waals surface area contributed by atoms with Crippen molar-refractivity contribution in [2.24, 2.45) is 0 Å². The zero-order chi connectivity index (χ0) is 29.1. The second-order valence-electron chi connectivity index (χ2n) is 12.5. The minimum absolute atomic E-state index is 0.0244. The van der Waals surface area contributed by atoms with Crippen molar-refractivity contribution in [3.63, 3.8) is 0 Å². The number of halogens is 1. The lowest BCUT2D eigenvalue weighted by Gasteiger charge is -2.45. The van der Waals surface area contributed by atoms with Gasteiger partial charge >= 0.3 is 5.97 Å². The molecule has 2 aliphatic heterocycles. The van der Waals surface area contributed by atoms with Crippen LogP contribution in [0, 0.1) is 10.1 Å². The fourth-order valence-corrected chi connectivity index (χ4v) is 6.95. The number of nitro benzene ring substituents is 1. The molecule has 1 fully saturated rings. The van der Waals surface area contributed by atoms with Crippen LogP contribution in [-0.2, 0) is 10.2 Å². The summed E-state index contributed by atoms with van der Waals surface area (Å²) in [4.78, 5) is 37.7. The number of nitro groups is 1. The Morgan fingerprint density at radius 2 is 1.83 bits per heavy atom. The van der Waals surface area contributed by atoms with Gasteiger partial charge in [0.05, 0.1) is 16.2 Å². The number of anilines is 2. The molecule has 2 aromatic carbocycles. The largest absolute Gasteiger partial charge is 0.452 e. The molecular weight excluding hydrogens is 542 g/mol. The maximum absolute atomic E-state index is 13.0. The molecule has 214 valence electrons. The lowest BCUT2D eigenvalue weighted by molar-refractivity contribution is -0.384. The predicted molar refractivity (Wildman–Crippen MR) is 157 cm³/mol. The molecule has 1 aromatic heterocycles. The van der Waals surface area contributed by atoms with Gasteiger partial charge in [0.15, 0.2) is 0 Å². The van der Waals surface area contributed by atoms with Gasteiger partial charge in [0.1, 0.15) is 18.2 Å². The standard InChI is InChI=1S/C31H34ClN5O4/c1-19-15-25(41-29(38)20-5-8-22(9-6-20)37(39)40)27-26(19)28(34-18-33-27)36-17-31(23-16-21(32)7-10-24(23)36)11-13-35(14-12-31)30(2,3)4/h5-10,16,18-19,25H,11-15,17H2,1-4H3/t19-,25-/m1/s1. The van der Waals surface area contributed by atoms with Gasteiger partial charge in [-0.1, -0.05) is 18.5 Å². The molecular formula is C31H34ClN5O4. The monoisotopic (exact) mass is 575 g/mol. The number of hydrogen-bond acceptors (Lipinski definition) is 8. The molecule has 41 heavy (non-hydrogen) atoms. The Bertz CT molecular complexity index is 1510. The van der Waals surface area contributed by atoms with E-state index in [2.05, 4.69) is 54.6 Å². The number of benzene rings is 2. The lowest BCUT2D eigenvalue weighted by Crippen LogP contribution is -2.51. The number of ether oxygens (including phenoxy) is 1. The van der Waals surface area contributed by atoms with Crippen molar-refractivity contribution in [1.29, 1.82) is 0 Å². The van der Waals surface area contributed by atoms with Crippen LogP contribution in [0.4, 0.5) is 17.2 Å². The number of nitrogens with zero attached hydrogens (tertiary/aromatic N) is 5. The third kappa shape index (κ3) is 4.85. The molecule has 0 amide bonds. The number of piperidine rings is 1. The molecule has 3 aromatic rings. The Kier molecular flexibility index (Phi) is 6.77. The molecule has 0 unspecified atom stereocenters. The van der Waals surface area contributed by atoms with Crippen molar-refractivity contribution < 1.29 is 14.5 Å². The number of carbonyl (C=O) groups excluding carboxylic acids is 1. The lowest BCUT2D eigenvalue weighted by atomic mass is 9.73. The second-order valence-corrected chi connectivity index (χ2v) is 13.0. The van der Waals surface area contributed by atoms with E-state index in [0.29, 0.717) is 6.42 Å². The Labute approximate surface area is 244 Å². The quantitative estimate of drug-likeness (QED) is 0.192. The van der Waals surface area contributed by atoms with E-state index in [1.54, 1.807) is 6.33 Å². The maximum Gasteiger partial charge on any atom is 0.338 e. The van der Waals surface area contributed by atoms with Crippen molar-refractivity contribution in [1.82, 2.24) is 14.9 Å². The SMILES string of the molecule is C[C@@H]1C[C@@H](OC(=O)c2ccc([N+](=O)[O-])cc2)c2ncnc(N3CC4(CCN(C(C)(C)C)CC4)c4cc(Cl)ccc43)c21. The average Bonchev–Trinajstić information content (AvgIpc) is 3.42. The topological polar surface area (TPSA) is 102 Å². The minimum atomic E-state index is -0.532. The highest BCUT2D eigenvalue weighted by Gasteiger charge is 2.48. The summed E-state index contributed by atoms with van der Waals surface area (Å²) in [6.07, 6.45) is 3.69. The van der Waals surface area contributed by atoms with Crippen LogP contribution < -0.4 is 4.90 Å². The normalized spacial score (nSPS) is 21.5. The highest BCUT2D eigenvalue weighted by molar-refractivity contribution is 6.30. The average molecular weight is 576 g/mol. The van der Waals surface area contributed by atoms with Gasteiger partial charge in [-0.15, -0.1) is 0 Å². The van der Waals surface area contributed by atoms with E-state index >= 15 is 0 Å². The summed E-state index contributed by atoms with van der Waals surface area (Å²) in [5.41, 5.74) is 4.41. The van der Waals surface area contributed by atoms with Gasteiger partial charge in [0.25, 0.3) is 5.69 Å². The van der Waals surface area contributed by atoms with Crippen molar-refractivity contribution in [2.75, 3.05) is 24.5 Å². The van der Waals surface area contributed by atoms with Gasteiger partial charge in [-0.05, 0) is 94.9 Å². The Balaban J connectivity index is 1.30. The molecule has 1 spiro atoms. The van der Waals surface area contributed by atoms with E-state index in [4.69, 9.17) is 21.3 Å². The number of aromatic nitrogens is 2. The second kappa shape index (κ2) is 10.1. The van der Waals surface area contributed by atoms with Crippen LogP contribution in [0.25, 0.3) is 0 Å². The van der Waals surface area contributed by atoms with Crippen LogP contribution >= 0.6 is 11.6 Å². The van der Waals surface area contributed by atoms with Crippen LogP contribution in [0.2, 0.25) is 5.02 Å². The Morgan fingerprint density at radius 3 is 2.49 bits per heavy atom. The van der Waals surface area contributed by atoms with Crippen LogP contribution in [0.1, 0.15) is 86.2 Å². The summed E-state index contributed by atoms with van der Waals surface area (Å²) >= 11 is 6.54. The van der Waals surface area contributed by atoms with Crippen molar-refractivity contribution in [3.8, 4) is 0 Å². The molecule has 3 heterocycles. The number of likely N-dealkylation sites (tertiary alicyclic amines) is 1. The number of non-ortho nitro benzene ring substituents is 1. The number of hydrogen-bond donors (Lipinski definition) is 0. The van der Waals surface area contributed by atoms with Crippen LogP contribution in [0.15, 0.2) is 48.8 Å². The molecule has 0 saturated carbocycles. The minimum Gasteiger partial charge on any atom is -0.452 e. The fourth-order valence-electron chi connectivity index (χ4n) is 6.78. The molecule has 10 heteroatoms. The summed E-state index contributed by atoms with van der Waals surface area (Å²) in [5, 5.41) is 11.7. The van der Waals surface area contributed by atoms with Crippen molar-refractivity contribution in [3.05, 3.63) is 86.3 Å². The summed E-state index contributed by atoms with van der Waals surface area (Å²) < 4.78 is 5.91. The highest BCUT2D eigenvalue weighted by Crippen LogP contribution is 2.53. The summed E-state index contributed by atoms with van der Waals surface area (Å²) in [5.74, 6) is 0.400. The molecule has 2 atom stereocenters. The van der Waals surface area contributed by atoms with E-state index in [1.807, 2.05) is 6.07 Å². The van der Waals surface area contributed by atoms with E-state index in [1.165, 1.54) is 29.8 Å². The van der Waals surface area contributed by atoms with E-state index in [9.17, 15) is 14.9 Å². The maximum atomic E-state index is 13.0. The van der Waals surface area contributed by atoms with Crippen molar-refractivity contribution >= 4 is 34.8 Å². The summed E-state index contributed by atoms with van der Waals surface area (Å²) in [7, 11) is 0. The van der Waals surface area contributed by atoms with Gasteiger partial charge in [-0.2, -0.15) is 0 Å². The molecule has 1 aliphatic carbocycles. The third-order valence-corrected chi connectivity index (χ3v) is 9.26. The zero-order valence-electron chi connectivity index (χ0n) is 23.8. The van der Waals surface area contributed by atoms with Crippen LogP contribution in [0.5, 0.6) is 0 Å². The van der Waals surface area contributed by atoms with E-state index in [0.717, 1.165) is 60.3 Å². The smallest absolute Gasteiger partial charge is 0.338 e. The zero-order valence-corrected chi connectivity index (χ0v) is 24.5. The molecule has 1 saturated heterocycles. The first kappa shape index (κ1) is 27.6. The van der Waals surface area contributed by atoms with Crippen molar-refractivity contribution in [2.45, 2.75) is 69.9 Å². The number of esters is 1. The Morgan fingerprint density at radius 1 is 1.12 bits per heavy atom. The first-order chi connectivity index (χ1) is 19.5. The van der Waals surface area contributed by atoms with Crippen LogP contribution in [-0.4, -0.2) is 50.9 Å². The number of rotatable bonds is 4. The number of carbonyl (C=O) groups is 1. The first-order valence-corrected chi connectivity index (χ1v) is 14.5. The van der Waals surface area contributed by atoms with E-state index < -0.39 is 17.0 Å². The van der Waals surface area contributed by atoms with Crippen LogP contribution in [0.3, 0.4) is 0 Å². The predicted octanol–water partition coefficient (Wildman–Crippen LogP) is 6.73. The highest BCUT2D eigenvalue weighted by atomic mass is 35.5. The van der Waals surface area contributed by atoms with Gasteiger partial charge in [-0.25, -0.2) is 14.8 Å². The van der Waals surface area contributed by atoms with Gasteiger partial charge in [-0.3, -0.25) is 15.0 Å². The summed E-state index contributed by atoms with van der Waals surface area (Å²) in [6.45, 7) is 11.8. The molecule has 0 N–H and O–H groups in total. The van der Waals surface area contributed by atoms with Gasteiger partial charge in [0.2, 0.25) is 0 Å². The summed E-state index contributed by atoms with van der Waals surface area (Å²) in [6, 6.07) is 11.6. The third-order valence-electron chi connectivity index (χ3n) is 9.03. The van der Waals surface area contributed by atoms with E-state index in [-0.39, 0.29) is 28.1 Å². The van der Waals surface area contributed by atoms with Gasteiger partial charge < -0.3 is 9.64 Å². The van der Waals surface area contributed by atoms with Gasteiger partial charge in [0, 0.05) is 45.9 Å². The molecule has 9 nitrogen and oxygen atoms in total. The molecule has 0 bridgehead atoms. The molecule has 3 aliphatic rings. The Hall–Kier alpha value is -3.56. The fraction of sp³-hybridized carbons (Fsp3) is 0.452.